The Morgan fingerprint density at radius 3 is 1.42 bits per heavy atom. The highest BCUT2D eigenvalue weighted by molar-refractivity contribution is 5.73. The third kappa shape index (κ3) is 4.07. The molecule has 0 aliphatic rings. The molecule has 0 spiro atoms. The van der Waals surface area contributed by atoms with Gasteiger partial charge >= 0.3 is 0 Å². The molecule has 0 N–H and O–H groups in total. The topological polar surface area (TPSA) is 0 Å². The van der Waals surface area contributed by atoms with E-state index in [0.717, 1.165) is 0 Å². The van der Waals surface area contributed by atoms with Crippen LogP contribution in [0.25, 0.3) is 22.3 Å². The summed E-state index contributed by atoms with van der Waals surface area (Å²) in [5.41, 5.74) is 8.18. The summed E-state index contributed by atoms with van der Waals surface area (Å²) in [6, 6.07) is 26.8. The zero-order chi connectivity index (χ0) is 18.9. The molecule has 3 aromatic rings. The van der Waals surface area contributed by atoms with Gasteiger partial charge in [-0.05, 0) is 50.3 Å². The Balaban J connectivity index is 1.97. The molecule has 134 valence electrons. The fourth-order valence-electron chi connectivity index (χ4n) is 3.21. The highest BCUT2D eigenvalue weighted by atomic mass is 14.2. The minimum atomic E-state index is 0.163. The second-order valence-electron chi connectivity index (χ2n) is 9.24. The number of benzene rings is 3. The average molecular weight is 343 g/mol. The van der Waals surface area contributed by atoms with Crippen molar-refractivity contribution in [2.75, 3.05) is 0 Å². The maximum Gasteiger partial charge on any atom is -0.0132 e. The Morgan fingerprint density at radius 1 is 0.423 bits per heavy atom. The molecule has 0 aromatic heterocycles. The maximum absolute atomic E-state index is 2.32. The van der Waals surface area contributed by atoms with Crippen LogP contribution in [-0.2, 0) is 10.8 Å². The van der Waals surface area contributed by atoms with Gasteiger partial charge in [-0.2, -0.15) is 0 Å². The van der Waals surface area contributed by atoms with Crippen molar-refractivity contribution in [3.8, 4) is 22.3 Å². The van der Waals surface area contributed by atoms with Gasteiger partial charge in [0.25, 0.3) is 0 Å². The van der Waals surface area contributed by atoms with Crippen LogP contribution in [0, 0.1) is 0 Å². The summed E-state index contributed by atoms with van der Waals surface area (Å²) in [4.78, 5) is 0. The van der Waals surface area contributed by atoms with E-state index >= 15 is 0 Å². The molecule has 0 atom stereocenters. The van der Waals surface area contributed by atoms with Crippen molar-refractivity contribution in [1.29, 1.82) is 0 Å². The first-order valence-corrected chi connectivity index (χ1v) is 9.46. The average Bonchev–Trinajstić information content (AvgIpc) is 2.61. The van der Waals surface area contributed by atoms with Gasteiger partial charge in [-0.3, -0.25) is 0 Å². The van der Waals surface area contributed by atoms with Crippen LogP contribution in [0.5, 0.6) is 0 Å². The molecule has 0 fully saturated rings. The summed E-state index contributed by atoms with van der Waals surface area (Å²) in [5.74, 6) is 0. The van der Waals surface area contributed by atoms with Gasteiger partial charge in [0.05, 0.1) is 0 Å². The Morgan fingerprint density at radius 2 is 0.885 bits per heavy atom. The monoisotopic (exact) mass is 342 g/mol. The molecule has 0 radical (unpaired) electrons. The first-order valence-electron chi connectivity index (χ1n) is 9.46. The van der Waals surface area contributed by atoms with Crippen LogP contribution in [0.15, 0.2) is 72.8 Å². The van der Waals surface area contributed by atoms with Crippen molar-refractivity contribution in [3.05, 3.63) is 83.9 Å². The van der Waals surface area contributed by atoms with Crippen LogP contribution in [0.2, 0.25) is 0 Å². The summed E-state index contributed by atoms with van der Waals surface area (Å²) in [7, 11) is 0. The highest BCUT2D eigenvalue weighted by Crippen LogP contribution is 2.31. The van der Waals surface area contributed by atoms with Crippen LogP contribution in [0.1, 0.15) is 52.7 Å². The largest absolute Gasteiger partial charge is 0.0614 e. The highest BCUT2D eigenvalue weighted by Gasteiger charge is 2.15. The molecule has 0 heteroatoms. The van der Waals surface area contributed by atoms with Gasteiger partial charge in [0.1, 0.15) is 0 Å². The molecule has 0 saturated heterocycles. The van der Waals surface area contributed by atoms with E-state index in [1.807, 2.05) is 0 Å². The predicted molar refractivity (Wildman–Crippen MR) is 115 cm³/mol. The second kappa shape index (κ2) is 6.76. The summed E-state index contributed by atoms with van der Waals surface area (Å²) < 4.78 is 0. The van der Waals surface area contributed by atoms with Gasteiger partial charge in [0.2, 0.25) is 0 Å². The van der Waals surface area contributed by atoms with Crippen molar-refractivity contribution < 1.29 is 0 Å². The molecule has 26 heavy (non-hydrogen) atoms. The zero-order valence-corrected chi connectivity index (χ0v) is 16.9. The maximum atomic E-state index is 2.32. The van der Waals surface area contributed by atoms with Crippen molar-refractivity contribution in [3.63, 3.8) is 0 Å². The van der Waals surface area contributed by atoms with Crippen molar-refractivity contribution in [2.24, 2.45) is 0 Å². The van der Waals surface area contributed by atoms with E-state index in [4.69, 9.17) is 0 Å². The summed E-state index contributed by atoms with van der Waals surface area (Å²) >= 11 is 0. The molecule has 3 rings (SSSR count). The van der Waals surface area contributed by atoms with Gasteiger partial charge < -0.3 is 0 Å². The van der Waals surface area contributed by atoms with Gasteiger partial charge in [-0.15, -0.1) is 0 Å². The smallest absolute Gasteiger partial charge is 0.0132 e. The predicted octanol–water partition coefficient (Wildman–Crippen LogP) is 7.62. The molecule has 3 aromatic carbocycles. The van der Waals surface area contributed by atoms with E-state index < -0.39 is 0 Å². The van der Waals surface area contributed by atoms with Gasteiger partial charge in [0.15, 0.2) is 0 Å². The lowest BCUT2D eigenvalue weighted by Gasteiger charge is -2.20. The van der Waals surface area contributed by atoms with Crippen LogP contribution < -0.4 is 0 Å². The van der Waals surface area contributed by atoms with Crippen LogP contribution in [-0.4, -0.2) is 0 Å². The van der Waals surface area contributed by atoms with Gasteiger partial charge in [-0.1, -0.05) is 108 Å². The zero-order valence-electron chi connectivity index (χ0n) is 16.9. The van der Waals surface area contributed by atoms with E-state index in [0.29, 0.717) is 0 Å². The quantitative estimate of drug-likeness (QED) is 0.449. The minimum absolute atomic E-state index is 0.163. The Hall–Kier alpha value is -2.34. The number of hydrogen-bond acceptors (Lipinski definition) is 0. The third-order valence-electron chi connectivity index (χ3n) is 5.01. The van der Waals surface area contributed by atoms with Crippen LogP contribution in [0.3, 0.4) is 0 Å². The standard InChI is InChI=1S/C26H30/c1-25(2,3)23-15-13-19(14-16-23)20-9-7-10-21(17-20)22-11-8-12-24(18-22)26(4,5)6/h7-18H,1-6H3. The second-order valence-corrected chi connectivity index (χ2v) is 9.24. The molecule has 0 aliphatic heterocycles. The van der Waals surface area contributed by atoms with Crippen LogP contribution >= 0.6 is 0 Å². The molecule has 0 saturated carbocycles. The minimum Gasteiger partial charge on any atom is -0.0614 e. The molecule has 0 aliphatic carbocycles. The van der Waals surface area contributed by atoms with Crippen molar-refractivity contribution in [1.82, 2.24) is 0 Å². The SMILES string of the molecule is CC(C)(C)c1ccc(-c2cccc(-c3cccc(C(C)(C)C)c3)c2)cc1. The lowest BCUT2D eigenvalue weighted by Crippen LogP contribution is -2.10. The van der Waals surface area contributed by atoms with Crippen LogP contribution in [0.4, 0.5) is 0 Å². The molecule has 0 bridgehead atoms. The Kier molecular flexibility index (Phi) is 4.80. The number of rotatable bonds is 2. The number of hydrogen-bond donors (Lipinski definition) is 0. The van der Waals surface area contributed by atoms with E-state index in [2.05, 4.69) is 114 Å². The summed E-state index contributed by atoms with van der Waals surface area (Å²) in [6.45, 7) is 13.6. The summed E-state index contributed by atoms with van der Waals surface area (Å²) in [5, 5.41) is 0. The molecule has 0 unspecified atom stereocenters. The lowest BCUT2D eigenvalue weighted by molar-refractivity contribution is 0.590. The van der Waals surface area contributed by atoms with E-state index in [9.17, 15) is 0 Å². The van der Waals surface area contributed by atoms with Crippen molar-refractivity contribution >= 4 is 0 Å². The molecular formula is C26H30. The fourth-order valence-corrected chi connectivity index (χ4v) is 3.21. The fraction of sp³-hybridized carbons (Fsp3) is 0.308. The molecule has 0 nitrogen and oxygen atoms in total. The van der Waals surface area contributed by atoms with E-state index in [1.54, 1.807) is 0 Å². The molecule has 0 amide bonds. The van der Waals surface area contributed by atoms with Gasteiger partial charge in [-0.25, -0.2) is 0 Å². The Bertz CT molecular complexity index is 884. The summed E-state index contributed by atoms with van der Waals surface area (Å²) in [6.07, 6.45) is 0. The third-order valence-corrected chi connectivity index (χ3v) is 5.01. The molecule has 0 heterocycles. The van der Waals surface area contributed by atoms with Gasteiger partial charge in [0, 0.05) is 0 Å². The van der Waals surface area contributed by atoms with E-state index in [-0.39, 0.29) is 10.8 Å². The Labute approximate surface area is 158 Å². The van der Waals surface area contributed by atoms with Crippen molar-refractivity contribution in [2.45, 2.75) is 52.4 Å². The lowest BCUT2D eigenvalue weighted by atomic mass is 9.85. The first kappa shape index (κ1) is 18.5. The van der Waals surface area contributed by atoms with E-state index in [1.165, 1.54) is 33.4 Å². The first-order chi connectivity index (χ1) is 12.1. The normalized spacial score (nSPS) is 12.2. The molecular weight excluding hydrogens is 312 g/mol.